The van der Waals surface area contributed by atoms with Gasteiger partial charge in [-0.2, -0.15) is 0 Å². The van der Waals surface area contributed by atoms with Gasteiger partial charge in [-0.1, -0.05) is 23.7 Å². The third-order valence-electron chi connectivity index (χ3n) is 6.51. The van der Waals surface area contributed by atoms with E-state index in [2.05, 4.69) is 9.80 Å². The third-order valence-corrected chi connectivity index (χ3v) is 7.50. The monoisotopic (exact) mass is 524 g/mol. The highest BCUT2D eigenvalue weighted by Gasteiger charge is 2.22. The predicted molar refractivity (Wildman–Crippen MR) is 143 cm³/mol. The Bertz CT molecular complexity index is 1520. The molecule has 1 aliphatic rings. The lowest BCUT2D eigenvalue weighted by Crippen LogP contribution is -2.49. The van der Waals surface area contributed by atoms with E-state index >= 15 is 0 Å². The number of aromatic nitrogens is 2. The van der Waals surface area contributed by atoms with Crippen molar-refractivity contribution < 1.29 is 9.53 Å². The number of para-hydroxylation sites is 2. The second-order valence-electron chi connectivity index (χ2n) is 8.56. The van der Waals surface area contributed by atoms with Crippen molar-refractivity contribution in [1.82, 2.24) is 14.0 Å². The molecule has 4 aromatic rings. The van der Waals surface area contributed by atoms with Crippen LogP contribution in [0.5, 0.6) is 5.75 Å². The number of benzene rings is 2. The van der Waals surface area contributed by atoms with Crippen LogP contribution in [0.2, 0.25) is 5.02 Å². The molecule has 0 N–H and O–H groups in total. The molecule has 186 valence electrons. The Morgan fingerprint density at radius 3 is 2.42 bits per heavy atom. The van der Waals surface area contributed by atoms with Crippen LogP contribution < -0.4 is 20.9 Å². The Morgan fingerprint density at radius 2 is 1.69 bits per heavy atom. The fourth-order valence-corrected chi connectivity index (χ4v) is 5.45. The fraction of sp³-hybridized carbons (Fsp3) is 0.269. The molecular weight excluding hydrogens is 500 g/mol. The van der Waals surface area contributed by atoms with Gasteiger partial charge in [0.2, 0.25) is 0 Å². The van der Waals surface area contributed by atoms with Crippen LogP contribution in [0.15, 0.2) is 68.9 Å². The maximum Gasteiger partial charge on any atom is 0.338 e. The molecule has 0 amide bonds. The molecule has 2 aromatic heterocycles. The van der Waals surface area contributed by atoms with Crippen LogP contribution in [0.4, 0.5) is 5.69 Å². The number of carbonyl (C=O) groups excluding carboxylic acids is 1. The van der Waals surface area contributed by atoms with Crippen molar-refractivity contribution in [2.45, 2.75) is 6.54 Å². The van der Waals surface area contributed by atoms with Gasteiger partial charge in [0.1, 0.15) is 5.75 Å². The van der Waals surface area contributed by atoms with Gasteiger partial charge < -0.3 is 9.64 Å². The Labute approximate surface area is 216 Å². The number of hydrogen-bond donors (Lipinski definition) is 0. The van der Waals surface area contributed by atoms with Gasteiger partial charge in [-0.05, 0) is 36.4 Å². The van der Waals surface area contributed by atoms with E-state index in [1.807, 2.05) is 24.3 Å². The number of methoxy groups -OCH3 is 1. The van der Waals surface area contributed by atoms with Crippen molar-refractivity contribution >= 4 is 45.4 Å². The van der Waals surface area contributed by atoms with Gasteiger partial charge in [0.15, 0.2) is 0 Å². The first-order chi connectivity index (χ1) is 17.5. The van der Waals surface area contributed by atoms with Gasteiger partial charge in [0.25, 0.3) is 11.5 Å². The molecule has 1 fully saturated rings. The molecule has 0 radical (unpaired) electrons. The first-order valence-corrected chi connectivity index (χ1v) is 12.9. The average Bonchev–Trinajstić information content (AvgIpc) is 3.39. The summed E-state index contributed by atoms with van der Waals surface area (Å²) in [5, 5.41) is 4.21. The van der Waals surface area contributed by atoms with E-state index in [1.54, 1.807) is 42.1 Å². The van der Waals surface area contributed by atoms with Crippen LogP contribution in [-0.2, 0) is 6.54 Å². The highest BCUT2D eigenvalue weighted by Crippen LogP contribution is 2.28. The lowest BCUT2D eigenvalue weighted by Gasteiger charge is -2.36. The minimum Gasteiger partial charge on any atom is -0.495 e. The van der Waals surface area contributed by atoms with E-state index in [4.69, 9.17) is 16.3 Å². The van der Waals surface area contributed by atoms with E-state index in [9.17, 15) is 14.4 Å². The van der Waals surface area contributed by atoms with E-state index in [1.165, 1.54) is 15.9 Å². The van der Waals surface area contributed by atoms with Crippen LogP contribution in [0.3, 0.4) is 0 Å². The Morgan fingerprint density at radius 1 is 0.972 bits per heavy atom. The van der Waals surface area contributed by atoms with Gasteiger partial charge >= 0.3 is 5.69 Å². The molecule has 0 saturated carbocycles. The topological polar surface area (TPSA) is 76.8 Å². The zero-order chi connectivity index (χ0) is 25.2. The number of piperazine rings is 1. The molecule has 2 aromatic carbocycles. The molecule has 1 aliphatic heterocycles. The Balaban J connectivity index is 1.36. The highest BCUT2D eigenvalue weighted by atomic mass is 35.5. The minimum atomic E-state index is -0.626. The summed E-state index contributed by atoms with van der Waals surface area (Å²) < 4.78 is 7.76. The summed E-state index contributed by atoms with van der Waals surface area (Å²) in [5.74, 6) is 0.353. The predicted octanol–water partition coefficient (Wildman–Crippen LogP) is 3.40. The summed E-state index contributed by atoms with van der Waals surface area (Å²) >= 11 is 7.24. The number of fused-ring (bicyclic) bond motifs is 1. The molecule has 0 unspecified atom stereocenters. The van der Waals surface area contributed by atoms with Crippen molar-refractivity contribution in [3.8, 4) is 5.75 Å². The van der Waals surface area contributed by atoms with E-state index in [0.717, 1.165) is 42.2 Å². The number of nitrogens with zero attached hydrogens (tertiary/aromatic N) is 4. The third kappa shape index (κ3) is 4.57. The van der Waals surface area contributed by atoms with Crippen molar-refractivity contribution in [3.63, 3.8) is 0 Å². The first kappa shape index (κ1) is 24.3. The minimum absolute atomic E-state index is 0.200. The zero-order valence-corrected chi connectivity index (χ0v) is 21.3. The summed E-state index contributed by atoms with van der Waals surface area (Å²) in [6.45, 7) is 3.90. The molecule has 0 atom stereocenters. The van der Waals surface area contributed by atoms with Crippen LogP contribution in [0, 0.1) is 0 Å². The van der Waals surface area contributed by atoms with E-state index in [0.29, 0.717) is 28.0 Å². The summed E-state index contributed by atoms with van der Waals surface area (Å²) in [7, 11) is 1.67. The average molecular weight is 525 g/mol. The van der Waals surface area contributed by atoms with Crippen LogP contribution in [0.1, 0.15) is 10.4 Å². The standard InChI is InChI=1S/C26H25ClN4O4S/c1-35-23-5-3-2-4-21(23)29-13-10-28(11-14-29)12-15-30-25(33)20-16-36-17-22(20)31(26(30)34)24(32)18-6-8-19(27)9-7-18/h2-9,16-17H,10-15H2,1H3. The van der Waals surface area contributed by atoms with Gasteiger partial charge in [-0.25, -0.2) is 9.36 Å². The molecule has 0 spiro atoms. The lowest BCUT2D eigenvalue weighted by atomic mass is 10.2. The summed E-state index contributed by atoms with van der Waals surface area (Å²) in [6, 6.07) is 14.3. The molecule has 36 heavy (non-hydrogen) atoms. The number of rotatable bonds is 6. The van der Waals surface area contributed by atoms with Crippen molar-refractivity contribution in [2.75, 3.05) is 44.7 Å². The van der Waals surface area contributed by atoms with Crippen molar-refractivity contribution in [1.29, 1.82) is 0 Å². The number of carbonyl (C=O) groups is 1. The Kier molecular flexibility index (Phi) is 6.95. The zero-order valence-electron chi connectivity index (χ0n) is 19.7. The molecule has 0 aliphatic carbocycles. The smallest absolute Gasteiger partial charge is 0.338 e. The molecule has 5 rings (SSSR count). The lowest BCUT2D eigenvalue weighted by molar-refractivity contribution is 0.0957. The number of hydrogen-bond acceptors (Lipinski definition) is 7. The number of halogens is 1. The van der Waals surface area contributed by atoms with Crippen molar-refractivity contribution in [3.05, 3.63) is 90.7 Å². The summed E-state index contributed by atoms with van der Waals surface area (Å²) in [5.41, 5.74) is 0.716. The van der Waals surface area contributed by atoms with Crippen LogP contribution >= 0.6 is 22.9 Å². The molecular formula is C26H25ClN4O4S. The normalized spacial score (nSPS) is 14.3. The molecule has 0 bridgehead atoms. The van der Waals surface area contributed by atoms with E-state index < -0.39 is 11.6 Å². The summed E-state index contributed by atoms with van der Waals surface area (Å²) in [6.07, 6.45) is 0. The summed E-state index contributed by atoms with van der Waals surface area (Å²) in [4.78, 5) is 44.3. The first-order valence-electron chi connectivity index (χ1n) is 11.6. The van der Waals surface area contributed by atoms with Gasteiger partial charge in [0, 0.05) is 60.6 Å². The fourth-order valence-electron chi connectivity index (χ4n) is 4.54. The molecule has 3 heterocycles. The molecule has 8 nitrogen and oxygen atoms in total. The Hall–Kier alpha value is -3.40. The SMILES string of the molecule is COc1ccccc1N1CCN(CCn2c(=O)c3cscc3n(C(=O)c3ccc(Cl)cc3)c2=O)CC1. The number of ether oxygens (including phenoxy) is 1. The van der Waals surface area contributed by atoms with Crippen molar-refractivity contribution in [2.24, 2.45) is 0 Å². The van der Waals surface area contributed by atoms with Gasteiger partial charge in [0.05, 0.1) is 23.7 Å². The molecule has 1 saturated heterocycles. The van der Waals surface area contributed by atoms with Crippen LogP contribution in [0.25, 0.3) is 10.9 Å². The largest absolute Gasteiger partial charge is 0.495 e. The quantitative estimate of drug-likeness (QED) is 0.385. The maximum absolute atomic E-state index is 13.4. The second-order valence-corrected chi connectivity index (χ2v) is 9.74. The highest BCUT2D eigenvalue weighted by molar-refractivity contribution is 7.09. The van der Waals surface area contributed by atoms with E-state index in [-0.39, 0.29) is 12.1 Å². The van der Waals surface area contributed by atoms with Gasteiger partial charge in [-0.3, -0.25) is 19.1 Å². The molecule has 10 heteroatoms. The van der Waals surface area contributed by atoms with Gasteiger partial charge in [-0.15, -0.1) is 11.3 Å². The van der Waals surface area contributed by atoms with Crippen LogP contribution in [-0.4, -0.2) is 59.8 Å². The number of anilines is 1. The number of thiophene rings is 1. The second kappa shape index (κ2) is 10.3. The maximum atomic E-state index is 13.4.